The monoisotopic (exact) mass is 494 g/mol. The number of alkyl halides is 3. The van der Waals surface area contributed by atoms with E-state index in [1.54, 1.807) is 19.1 Å². The third kappa shape index (κ3) is 5.04. The number of aryl methyl sites for hydroxylation is 3. The fourth-order valence-electron chi connectivity index (χ4n) is 3.33. The van der Waals surface area contributed by atoms with Gasteiger partial charge in [0.25, 0.3) is 0 Å². The van der Waals surface area contributed by atoms with Gasteiger partial charge in [-0.1, -0.05) is 6.07 Å². The number of nitrogens with zero attached hydrogens (tertiary/aromatic N) is 2. The molecule has 0 radical (unpaired) electrons. The Bertz CT molecular complexity index is 1380. The van der Waals surface area contributed by atoms with Crippen LogP contribution in [0.2, 0.25) is 0 Å². The summed E-state index contributed by atoms with van der Waals surface area (Å²) in [6.07, 6.45) is -4.68. The molecular formula is C23H18F4N2O4S. The summed E-state index contributed by atoms with van der Waals surface area (Å²) in [6.45, 7) is 3.69. The Morgan fingerprint density at radius 1 is 1.18 bits per heavy atom. The zero-order valence-corrected chi connectivity index (χ0v) is 18.8. The van der Waals surface area contributed by atoms with Gasteiger partial charge in [0.1, 0.15) is 28.7 Å². The molecule has 0 aliphatic carbocycles. The van der Waals surface area contributed by atoms with Crippen molar-refractivity contribution in [2.24, 2.45) is 0 Å². The summed E-state index contributed by atoms with van der Waals surface area (Å²) in [5, 5.41) is 9.21. The SMILES string of the molecule is Cc1nc(-c2ccc(C(F)(F)F)c(F)c2)sc1COc1cc(C)c2oc(CCC(=O)O)nc2c1. The maximum Gasteiger partial charge on any atom is 0.419 e. The van der Waals surface area contributed by atoms with Crippen LogP contribution in [-0.4, -0.2) is 21.0 Å². The van der Waals surface area contributed by atoms with Gasteiger partial charge in [0.2, 0.25) is 0 Å². The van der Waals surface area contributed by atoms with Crippen molar-refractivity contribution in [3.05, 3.63) is 63.7 Å². The maximum absolute atomic E-state index is 14.0. The normalized spacial score (nSPS) is 11.8. The Balaban J connectivity index is 1.51. The third-order valence-electron chi connectivity index (χ3n) is 5.03. The average molecular weight is 494 g/mol. The van der Waals surface area contributed by atoms with Crippen LogP contribution in [0.25, 0.3) is 21.7 Å². The molecule has 0 saturated heterocycles. The molecule has 0 saturated carbocycles. The number of halogens is 4. The average Bonchev–Trinajstić information content (AvgIpc) is 3.33. The number of carboxylic acid groups (broad SMARTS) is 1. The number of aromatic nitrogens is 2. The topological polar surface area (TPSA) is 85.5 Å². The van der Waals surface area contributed by atoms with E-state index in [0.29, 0.717) is 39.5 Å². The number of thiazole rings is 1. The molecule has 0 unspecified atom stereocenters. The lowest BCUT2D eigenvalue weighted by Gasteiger charge is -2.08. The number of ether oxygens (including phenoxy) is 1. The molecule has 0 aliphatic rings. The molecule has 0 fully saturated rings. The third-order valence-corrected chi connectivity index (χ3v) is 6.21. The van der Waals surface area contributed by atoms with Crippen LogP contribution < -0.4 is 4.74 Å². The number of benzene rings is 2. The first-order valence-corrected chi connectivity index (χ1v) is 10.9. The highest BCUT2D eigenvalue weighted by Gasteiger charge is 2.34. The van der Waals surface area contributed by atoms with E-state index in [1.165, 1.54) is 17.4 Å². The maximum atomic E-state index is 14.0. The van der Waals surface area contributed by atoms with Crippen molar-refractivity contribution in [3.63, 3.8) is 0 Å². The van der Waals surface area contributed by atoms with Crippen LogP contribution in [0.1, 0.15) is 34.0 Å². The number of carboxylic acids is 1. The van der Waals surface area contributed by atoms with Crippen LogP contribution in [0.5, 0.6) is 5.75 Å². The second-order valence-corrected chi connectivity index (χ2v) is 8.68. The number of fused-ring (bicyclic) bond motifs is 1. The number of aliphatic carboxylic acids is 1. The molecule has 0 amide bonds. The molecule has 34 heavy (non-hydrogen) atoms. The van der Waals surface area contributed by atoms with Gasteiger partial charge in [0.05, 0.1) is 22.6 Å². The molecule has 0 bridgehead atoms. The van der Waals surface area contributed by atoms with Crippen LogP contribution in [0.4, 0.5) is 17.6 Å². The Morgan fingerprint density at radius 3 is 2.62 bits per heavy atom. The summed E-state index contributed by atoms with van der Waals surface area (Å²) in [4.78, 5) is 20.2. The van der Waals surface area contributed by atoms with Crippen molar-refractivity contribution >= 4 is 28.4 Å². The summed E-state index contributed by atoms with van der Waals surface area (Å²) in [7, 11) is 0. The van der Waals surface area contributed by atoms with Gasteiger partial charge >= 0.3 is 12.1 Å². The van der Waals surface area contributed by atoms with Crippen molar-refractivity contribution in [1.29, 1.82) is 0 Å². The molecule has 2 heterocycles. The second kappa shape index (κ2) is 9.05. The molecule has 0 aliphatic heterocycles. The van der Waals surface area contributed by atoms with Crippen molar-refractivity contribution in [2.75, 3.05) is 0 Å². The van der Waals surface area contributed by atoms with E-state index in [4.69, 9.17) is 14.3 Å². The molecule has 11 heteroatoms. The summed E-state index contributed by atoms with van der Waals surface area (Å²) in [6, 6.07) is 6.17. The van der Waals surface area contributed by atoms with E-state index >= 15 is 0 Å². The molecule has 0 atom stereocenters. The molecule has 4 rings (SSSR count). The van der Waals surface area contributed by atoms with Gasteiger partial charge in [0, 0.05) is 18.1 Å². The smallest absolute Gasteiger partial charge is 0.419 e. The van der Waals surface area contributed by atoms with Crippen molar-refractivity contribution in [3.8, 4) is 16.3 Å². The summed E-state index contributed by atoms with van der Waals surface area (Å²) in [5.74, 6) is -1.46. The minimum Gasteiger partial charge on any atom is -0.488 e. The van der Waals surface area contributed by atoms with Gasteiger partial charge < -0.3 is 14.3 Å². The van der Waals surface area contributed by atoms with Crippen LogP contribution in [0.15, 0.2) is 34.7 Å². The standard InChI is InChI=1S/C23H18F4N2O4S/c1-11-7-14(9-17-21(11)33-19(29-17)5-6-20(30)31)32-10-18-12(2)28-22(34-18)13-3-4-15(16(24)8-13)23(25,26)27/h3-4,7-9H,5-6,10H2,1-2H3,(H,30,31). The number of rotatable bonds is 7. The fourth-order valence-corrected chi connectivity index (χ4v) is 4.30. The van der Waals surface area contributed by atoms with Crippen molar-refractivity contribution < 1.29 is 36.6 Å². The molecule has 6 nitrogen and oxygen atoms in total. The molecule has 2 aromatic heterocycles. The van der Waals surface area contributed by atoms with Crippen molar-refractivity contribution in [1.82, 2.24) is 9.97 Å². The Hall–Kier alpha value is -3.47. The molecule has 178 valence electrons. The van der Waals surface area contributed by atoms with Gasteiger partial charge in [-0.2, -0.15) is 13.2 Å². The van der Waals surface area contributed by atoms with E-state index in [2.05, 4.69) is 9.97 Å². The van der Waals surface area contributed by atoms with Crippen LogP contribution in [0, 0.1) is 19.7 Å². The first-order valence-electron chi connectivity index (χ1n) is 10.1. The predicted molar refractivity (Wildman–Crippen MR) is 116 cm³/mol. The second-order valence-electron chi connectivity index (χ2n) is 7.60. The van der Waals surface area contributed by atoms with Gasteiger partial charge in [0.15, 0.2) is 11.5 Å². The minimum atomic E-state index is -4.76. The highest BCUT2D eigenvalue weighted by molar-refractivity contribution is 7.15. The highest BCUT2D eigenvalue weighted by atomic mass is 32.1. The van der Waals surface area contributed by atoms with E-state index in [-0.39, 0.29) is 25.0 Å². The largest absolute Gasteiger partial charge is 0.488 e. The lowest BCUT2D eigenvalue weighted by Crippen LogP contribution is -2.07. The van der Waals surface area contributed by atoms with Gasteiger partial charge in [-0.05, 0) is 37.6 Å². The van der Waals surface area contributed by atoms with Crippen LogP contribution in [0.3, 0.4) is 0 Å². The Labute approximate surface area is 194 Å². The molecule has 2 aromatic carbocycles. The Morgan fingerprint density at radius 2 is 1.94 bits per heavy atom. The van der Waals surface area contributed by atoms with E-state index < -0.39 is 23.5 Å². The number of carbonyl (C=O) groups is 1. The zero-order valence-electron chi connectivity index (χ0n) is 18.0. The number of hydrogen-bond donors (Lipinski definition) is 1. The fraction of sp³-hybridized carbons (Fsp3) is 0.261. The summed E-state index contributed by atoms with van der Waals surface area (Å²) >= 11 is 1.20. The van der Waals surface area contributed by atoms with Gasteiger partial charge in [-0.3, -0.25) is 4.79 Å². The lowest BCUT2D eigenvalue weighted by atomic mass is 10.1. The highest BCUT2D eigenvalue weighted by Crippen LogP contribution is 2.35. The van der Waals surface area contributed by atoms with Crippen LogP contribution >= 0.6 is 11.3 Å². The first kappa shape index (κ1) is 23.7. The minimum absolute atomic E-state index is 0.0922. The van der Waals surface area contributed by atoms with Crippen LogP contribution in [-0.2, 0) is 24.0 Å². The lowest BCUT2D eigenvalue weighted by molar-refractivity contribution is -0.140. The molecule has 1 N–H and O–H groups in total. The molecule has 4 aromatic rings. The van der Waals surface area contributed by atoms with E-state index in [9.17, 15) is 22.4 Å². The molecule has 0 spiro atoms. The zero-order chi connectivity index (χ0) is 24.6. The summed E-state index contributed by atoms with van der Waals surface area (Å²) < 4.78 is 63.9. The Kier molecular flexibility index (Phi) is 6.30. The summed E-state index contributed by atoms with van der Waals surface area (Å²) in [5.41, 5.74) is 1.40. The quantitative estimate of drug-likeness (QED) is 0.303. The number of oxazole rings is 1. The first-order chi connectivity index (χ1) is 16.0. The van der Waals surface area contributed by atoms with Gasteiger partial charge in [-0.15, -0.1) is 11.3 Å². The number of hydrogen-bond acceptors (Lipinski definition) is 6. The van der Waals surface area contributed by atoms with E-state index in [0.717, 1.165) is 16.5 Å². The van der Waals surface area contributed by atoms with Gasteiger partial charge in [-0.25, -0.2) is 14.4 Å². The molecular weight excluding hydrogens is 476 g/mol. The predicted octanol–water partition coefficient (Wildman–Crippen LogP) is 6.32. The van der Waals surface area contributed by atoms with Crippen molar-refractivity contribution in [2.45, 2.75) is 39.5 Å². The van der Waals surface area contributed by atoms with E-state index in [1.807, 2.05) is 6.92 Å².